The minimum Gasteiger partial charge on any atom is -0.309 e. The second kappa shape index (κ2) is 13.2. The van der Waals surface area contributed by atoms with E-state index in [0.29, 0.717) is 17.5 Å². The summed E-state index contributed by atoms with van der Waals surface area (Å²) in [4.78, 5) is 20.3. The Balaban J connectivity index is 1.12. The first-order chi connectivity index (χ1) is 27.8. The molecule has 262 valence electrons. The van der Waals surface area contributed by atoms with Crippen LogP contribution in [0.15, 0.2) is 188 Å². The number of fused-ring (bicyclic) bond motifs is 6. The molecule has 0 saturated carbocycles. The molecule has 0 aliphatic rings. The Morgan fingerprint density at radius 1 is 0.393 bits per heavy atom. The Morgan fingerprint density at radius 3 is 1.68 bits per heavy atom. The summed E-state index contributed by atoms with van der Waals surface area (Å²) in [7, 11) is 0. The quantitative estimate of drug-likeness (QED) is 0.171. The Kier molecular flexibility index (Phi) is 7.60. The molecule has 0 aliphatic heterocycles. The van der Waals surface area contributed by atoms with E-state index in [2.05, 4.69) is 150 Å². The van der Waals surface area contributed by atoms with E-state index in [0.717, 1.165) is 55.8 Å². The molecule has 0 radical (unpaired) electrons. The molecule has 7 aromatic carbocycles. The van der Waals surface area contributed by atoms with Crippen molar-refractivity contribution >= 4 is 53.3 Å². The van der Waals surface area contributed by atoms with Crippen LogP contribution in [0.5, 0.6) is 0 Å². The molecule has 0 amide bonds. The topological polar surface area (TPSA) is 56.5 Å². The number of hydrogen-bond acceptors (Lipinski definition) is 5. The standard InChI is InChI=1S/C50H31N5S/c1-3-14-32(15-4-1)36-27-26-34(31-45(36)55-43-23-10-7-18-37(43)38-19-8-11-24-44(38)55)49-52-48(33-16-5-2-6-17-33)53-50(54-49)35-28-29-51-42(30-35)41-22-13-21-40-39-20-9-12-25-46(39)56-47(40)41/h1-31H. The lowest BCUT2D eigenvalue weighted by Crippen LogP contribution is -2.02. The maximum absolute atomic E-state index is 5.22. The van der Waals surface area contributed by atoms with E-state index in [1.165, 1.54) is 30.9 Å². The van der Waals surface area contributed by atoms with E-state index in [-0.39, 0.29) is 0 Å². The molecule has 0 atom stereocenters. The molecule has 0 fully saturated rings. The van der Waals surface area contributed by atoms with Gasteiger partial charge in [-0.1, -0.05) is 146 Å². The molecule has 0 N–H and O–H groups in total. The molecule has 4 aromatic heterocycles. The van der Waals surface area contributed by atoms with Gasteiger partial charge in [-0.2, -0.15) is 0 Å². The third-order valence-electron chi connectivity index (χ3n) is 10.5. The predicted molar refractivity (Wildman–Crippen MR) is 232 cm³/mol. The molecule has 0 bridgehead atoms. The van der Waals surface area contributed by atoms with Crippen LogP contribution in [0.4, 0.5) is 0 Å². The van der Waals surface area contributed by atoms with Crippen molar-refractivity contribution < 1.29 is 0 Å². The number of para-hydroxylation sites is 2. The van der Waals surface area contributed by atoms with Gasteiger partial charge in [0.05, 0.1) is 22.4 Å². The zero-order valence-corrected chi connectivity index (χ0v) is 30.9. The highest BCUT2D eigenvalue weighted by Crippen LogP contribution is 2.41. The number of benzene rings is 7. The molecule has 5 nitrogen and oxygen atoms in total. The number of rotatable bonds is 6. The van der Waals surface area contributed by atoms with Crippen molar-refractivity contribution in [1.29, 1.82) is 0 Å². The summed E-state index contributed by atoms with van der Waals surface area (Å²) in [6.07, 6.45) is 1.86. The lowest BCUT2D eigenvalue weighted by molar-refractivity contribution is 1.07. The lowest BCUT2D eigenvalue weighted by Gasteiger charge is -2.16. The first-order valence-corrected chi connectivity index (χ1v) is 19.5. The van der Waals surface area contributed by atoms with Crippen LogP contribution in [0.1, 0.15) is 0 Å². The van der Waals surface area contributed by atoms with E-state index >= 15 is 0 Å². The highest BCUT2D eigenvalue weighted by atomic mass is 32.1. The monoisotopic (exact) mass is 733 g/mol. The van der Waals surface area contributed by atoms with Gasteiger partial charge >= 0.3 is 0 Å². The first-order valence-electron chi connectivity index (χ1n) is 18.6. The Bertz CT molecular complexity index is 3200. The van der Waals surface area contributed by atoms with Crippen LogP contribution in [0.2, 0.25) is 0 Å². The van der Waals surface area contributed by atoms with Crippen LogP contribution in [0, 0.1) is 0 Å². The largest absolute Gasteiger partial charge is 0.309 e. The smallest absolute Gasteiger partial charge is 0.164 e. The van der Waals surface area contributed by atoms with Crippen molar-refractivity contribution in [3.63, 3.8) is 0 Å². The molecule has 11 rings (SSSR count). The molecule has 0 saturated heterocycles. The van der Waals surface area contributed by atoms with Gasteiger partial charge in [0.15, 0.2) is 17.5 Å². The van der Waals surface area contributed by atoms with Crippen molar-refractivity contribution in [2.45, 2.75) is 0 Å². The van der Waals surface area contributed by atoms with Gasteiger partial charge in [0.1, 0.15) is 0 Å². The summed E-state index contributed by atoms with van der Waals surface area (Å²) in [5.41, 5.74) is 10.2. The number of thiophene rings is 1. The normalized spacial score (nSPS) is 11.6. The maximum Gasteiger partial charge on any atom is 0.164 e. The zero-order valence-electron chi connectivity index (χ0n) is 30.0. The molecule has 0 aliphatic carbocycles. The van der Waals surface area contributed by atoms with Gasteiger partial charge in [0.2, 0.25) is 0 Å². The van der Waals surface area contributed by atoms with Crippen molar-refractivity contribution in [3.8, 4) is 62.2 Å². The van der Waals surface area contributed by atoms with Crippen LogP contribution in [-0.4, -0.2) is 24.5 Å². The number of nitrogens with zero attached hydrogens (tertiary/aromatic N) is 5. The average molecular weight is 734 g/mol. The Morgan fingerprint density at radius 2 is 0.964 bits per heavy atom. The maximum atomic E-state index is 5.22. The van der Waals surface area contributed by atoms with Crippen LogP contribution in [0.25, 0.3) is 104 Å². The third kappa shape index (κ3) is 5.38. The summed E-state index contributed by atoms with van der Waals surface area (Å²) in [6, 6.07) is 63.7. The van der Waals surface area contributed by atoms with Gasteiger partial charge in [0, 0.05) is 65.0 Å². The van der Waals surface area contributed by atoms with Gasteiger partial charge in [-0.15, -0.1) is 11.3 Å². The molecule has 4 heterocycles. The van der Waals surface area contributed by atoms with E-state index in [4.69, 9.17) is 19.9 Å². The van der Waals surface area contributed by atoms with Gasteiger partial charge in [-0.25, -0.2) is 15.0 Å². The van der Waals surface area contributed by atoms with Crippen molar-refractivity contribution in [3.05, 3.63) is 188 Å². The fourth-order valence-electron chi connectivity index (χ4n) is 7.92. The molecule has 0 unspecified atom stereocenters. The molecular formula is C50H31N5S. The first kappa shape index (κ1) is 32.2. The predicted octanol–water partition coefficient (Wildman–Crippen LogP) is 13.1. The average Bonchev–Trinajstić information content (AvgIpc) is 3.83. The van der Waals surface area contributed by atoms with Crippen molar-refractivity contribution in [1.82, 2.24) is 24.5 Å². The van der Waals surface area contributed by atoms with Crippen LogP contribution >= 0.6 is 11.3 Å². The van der Waals surface area contributed by atoms with Crippen molar-refractivity contribution in [2.24, 2.45) is 0 Å². The highest BCUT2D eigenvalue weighted by molar-refractivity contribution is 7.26. The second-order valence-corrected chi connectivity index (χ2v) is 14.9. The number of pyridine rings is 1. The van der Waals surface area contributed by atoms with Crippen LogP contribution < -0.4 is 0 Å². The lowest BCUT2D eigenvalue weighted by atomic mass is 10.0. The Hall–Kier alpha value is -7.28. The van der Waals surface area contributed by atoms with Crippen LogP contribution in [-0.2, 0) is 0 Å². The summed E-state index contributed by atoms with van der Waals surface area (Å²) in [6.45, 7) is 0. The van der Waals surface area contributed by atoms with Gasteiger partial charge in [0.25, 0.3) is 0 Å². The SMILES string of the molecule is c1ccc(-c2nc(-c3ccnc(-c4cccc5c4sc4ccccc45)c3)nc(-c3ccc(-c4ccccc4)c(-n4c5ccccc5c5ccccc54)c3)n2)cc1. The molecule has 56 heavy (non-hydrogen) atoms. The summed E-state index contributed by atoms with van der Waals surface area (Å²) in [5.74, 6) is 1.80. The fourth-order valence-corrected chi connectivity index (χ4v) is 9.14. The second-order valence-electron chi connectivity index (χ2n) is 13.9. The molecule has 11 aromatic rings. The van der Waals surface area contributed by atoms with E-state index in [9.17, 15) is 0 Å². The summed E-state index contributed by atoms with van der Waals surface area (Å²) < 4.78 is 4.86. The number of hydrogen-bond donors (Lipinski definition) is 0. The van der Waals surface area contributed by atoms with Gasteiger partial charge < -0.3 is 4.57 Å². The summed E-state index contributed by atoms with van der Waals surface area (Å²) >= 11 is 1.80. The minimum atomic E-state index is 0.589. The molecular weight excluding hydrogens is 703 g/mol. The minimum absolute atomic E-state index is 0.589. The van der Waals surface area contributed by atoms with Crippen molar-refractivity contribution in [2.75, 3.05) is 0 Å². The summed E-state index contributed by atoms with van der Waals surface area (Å²) in [5, 5.41) is 4.92. The van der Waals surface area contributed by atoms with Gasteiger partial charge in [-0.3, -0.25) is 4.98 Å². The van der Waals surface area contributed by atoms with E-state index in [1.54, 1.807) is 11.3 Å². The number of aromatic nitrogens is 5. The molecule has 6 heteroatoms. The van der Waals surface area contributed by atoms with E-state index in [1.807, 2.05) is 42.6 Å². The fraction of sp³-hybridized carbons (Fsp3) is 0. The highest BCUT2D eigenvalue weighted by Gasteiger charge is 2.19. The molecule has 0 spiro atoms. The third-order valence-corrected chi connectivity index (χ3v) is 11.7. The Labute approximate surface area is 326 Å². The van der Waals surface area contributed by atoms with Crippen LogP contribution in [0.3, 0.4) is 0 Å². The van der Waals surface area contributed by atoms with E-state index < -0.39 is 0 Å². The zero-order chi connectivity index (χ0) is 37.0. The van der Waals surface area contributed by atoms with Gasteiger partial charge in [-0.05, 0) is 42.0 Å².